The third-order valence-corrected chi connectivity index (χ3v) is 2.86. The van der Waals surface area contributed by atoms with E-state index < -0.39 is 6.10 Å². The molecule has 1 aromatic carbocycles. The Bertz CT molecular complexity index is 431. The van der Waals surface area contributed by atoms with Gasteiger partial charge in [0.05, 0.1) is 24.3 Å². The Morgan fingerprint density at radius 1 is 1.56 bits per heavy atom. The zero-order valence-electron chi connectivity index (χ0n) is 10.6. The van der Waals surface area contributed by atoms with Gasteiger partial charge in [-0.2, -0.15) is 5.26 Å². The first-order chi connectivity index (χ1) is 8.56. The van der Waals surface area contributed by atoms with Gasteiger partial charge in [-0.25, -0.2) is 0 Å². The summed E-state index contributed by atoms with van der Waals surface area (Å²) in [6, 6.07) is 7.26. The molecule has 1 unspecified atom stereocenters. The molecule has 98 valence electrons. The molecule has 0 fully saturated rings. The minimum Gasteiger partial charge on any atom is -0.389 e. The first kappa shape index (κ1) is 14.9. The highest BCUT2D eigenvalue weighted by Crippen LogP contribution is 2.19. The summed E-state index contributed by atoms with van der Waals surface area (Å²) < 4.78 is 4.87. The van der Waals surface area contributed by atoms with Crippen LogP contribution >= 0.6 is 11.6 Å². The molecule has 0 aromatic heterocycles. The third-order valence-electron chi connectivity index (χ3n) is 2.50. The van der Waals surface area contributed by atoms with E-state index in [1.54, 1.807) is 19.2 Å². The number of rotatable bonds is 6. The van der Waals surface area contributed by atoms with Gasteiger partial charge in [-0.15, -0.1) is 0 Å². The second-order valence-corrected chi connectivity index (χ2v) is 4.63. The van der Waals surface area contributed by atoms with Crippen LogP contribution in [0.5, 0.6) is 0 Å². The fourth-order valence-corrected chi connectivity index (χ4v) is 1.95. The summed E-state index contributed by atoms with van der Waals surface area (Å²) in [6.45, 7) is 1.43. The first-order valence-electron chi connectivity index (χ1n) is 5.61. The molecule has 0 amide bonds. The number of likely N-dealkylation sites (N-methyl/N-ethyl adjacent to an activating group) is 1. The number of halogens is 1. The lowest BCUT2D eigenvalue weighted by atomic mass is 10.1. The minimum absolute atomic E-state index is 0.311. The van der Waals surface area contributed by atoms with Gasteiger partial charge in [0.2, 0.25) is 0 Å². The van der Waals surface area contributed by atoms with Crippen molar-refractivity contribution in [2.45, 2.75) is 12.6 Å². The van der Waals surface area contributed by atoms with Gasteiger partial charge in [0, 0.05) is 25.2 Å². The second kappa shape index (κ2) is 7.34. The number of aliphatic hydroxyl groups excluding tert-OH is 1. The number of hydrogen-bond donors (Lipinski definition) is 1. The number of methoxy groups -OCH3 is 1. The molecular formula is C13H17ClN2O2. The Labute approximate surface area is 112 Å². The molecule has 1 rings (SSSR count). The van der Waals surface area contributed by atoms with Crippen LogP contribution in [0.3, 0.4) is 0 Å². The van der Waals surface area contributed by atoms with Gasteiger partial charge >= 0.3 is 0 Å². The summed E-state index contributed by atoms with van der Waals surface area (Å²) >= 11 is 6.08. The van der Waals surface area contributed by atoms with Gasteiger partial charge in [0.15, 0.2) is 0 Å². The largest absolute Gasteiger partial charge is 0.389 e. The molecule has 0 aliphatic rings. The SMILES string of the molecule is COCC(O)CN(C)Cc1ccc(C#N)cc1Cl. The normalized spacial score (nSPS) is 12.4. The lowest BCUT2D eigenvalue weighted by Crippen LogP contribution is -2.31. The van der Waals surface area contributed by atoms with Gasteiger partial charge in [-0.05, 0) is 24.7 Å². The molecule has 0 bridgehead atoms. The fraction of sp³-hybridized carbons (Fsp3) is 0.462. The standard InChI is InChI=1S/C13H17ClN2O2/c1-16(8-12(17)9-18-2)7-11-4-3-10(6-15)5-13(11)14/h3-5,12,17H,7-9H2,1-2H3. The van der Waals surface area contributed by atoms with E-state index in [0.717, 1.165) is 5.56 Å². The van der Waals surface area contributed by atoms with Gasteiger partial charge in [-0.3, -0.25) is 4.90 Å². The Morgan fingerprint density at radius 2 is 2.28 bits per heavy atom. The van der Waals surface area contributed by atoms with Gasteiger partial charge in [0.1, 0.15) is 0 Å². The number of nitriles is 1. The summed E-state index contributed by atoms with van der Waals surface area (Å²) in [5.41, 5.74) is 1.48. The van der Waals surface area contributed by atoms with Crippen molar-refractivity contribution in [3.8, 4) is 6.07 Å². The van der Waals surface area contributed by atoms with Crippen molar-refractivity contribution in [2.75, 3.05) is 27.3 Å². The zero-order chi connectivity index (χ0) is 13.5. The molecule has 1 N–H and O–H groups in total. The monoisotopic (exact) mass is 268 g/mol. The fourth-order valence-electron chi connectivity index (χ4n) is 1.71. The number of ether oxygens (including phenoxy) is 1. The number of hydrogen-bond acceptors (Lipinski definition) is 4. The van der Waals surface area contributed by atoms with Gasteiger partial charge < -0.3 is 9.84 Å². The van der Waals surface area contributed by atoms with Crippen LogP contribution in [0, 0.1) is 11.3 Å². The highest BCUT2D eigenvalue weighted by atomic mass is 35.5. The summed E-state index contributed by atoms with van der Waals surface area (Å²) in [7, 11) is 3.45. The Balaban J connectivity index is 2.59. The highest BCUT2D eigenvalue weighted by Gasteiger charge is 2.10. The molecule has 0 spiro atoms. The van der Waals surface area contributed by atoms with Crippen LogP contribution in [-0.2, 0) is 11.3 Å². The topological polar surface area (TPSA) is 56.5 Å². The van der Waals surface area contributed by atoms with E-state index in [4.69, 9.17) is 21.6 Å². The third kappa shape index (κ3) is 4.63. The first-order valence-corrected chi connectivity index (χ1v) is 5.98. The lowest BCUT2D eigenvalue weighted by molar-refractivity contribution is 0.0419. The predicted molar refractivity (Wildman–Crippen MR) is 70.4 cm³/mol. The van der Waals surface area contributed by atoms with E-state index in [9.17, 15) is 5.11 Å². The van der Waals surface area contributed by atoms with Crippen molar-refractivity contribution in [1.29, 1.82) is 5.26 Å². The quantitative estimate of drug-likeness (QED) is 0.852. The minimum atomic E-state index is -0.517. The van der Waals surface area contributed by atoms with E-state index in [1.165, 1.54) is 0 Å². The van der Waals surface area contributed by atoms with Crippen molar-refractivity contribution in [2.24, 2.45) is 0 Å². The molecule has 18 heavy (non-hydrogen) atoms. The molecule has 0 saturated carbocycles. The summed E-state index contributed by atoms with van der Waals surface area (Å²) in [6.07, 6.45) is -0.517. The summed E-state index contributed by atoms with van der Waals surface area (Å²) in [5.74, 6) is 0. The summed E-state index contributed by atoms with van der Waals surface area (Å²) in [5, 5.41) is 18.9. The van der Waals surface area contributed by atoms with Crippen LogP contribution in [0.25, 0.3) is 0 Å². The maximum Gasteiger partial charge on any atom is 0.0992 e. The zero-order valence-corrected chi connectivity index (χ0v) is 11.3. The van der Waals surface area contributed by atoms with E-state index in [0.29, 0.717) is 30.3 Å². The van der Waals surface area contributed by atoms with Crippen LogP contribution in [0.15, 0.2) is 18.2 Å². The number of nitrogens with zero attached hydrogens (tertiary/aromatic N) is 2. The smallest absolute Gasteiger partial charge is 0.0992 e. The molecule has 0 radical (unpaired) electrons. The predicted octanol–water partition coefficient (Wildman–Crippen LogP) is 1.65. The molecule has 5 heteroatoms. The summed E-state index contributed by atoms with van der Waals surface area (Å²) in [4.78, 5) is 1.96. The van der Waals surface area contributed by atoms with E-state index >= 15 is 0 Å². The Morgan fingerprint density at radius 3 is 2.83 bits per heavy atom. The average molecular weight is 269 g/mol. The lowest BCUT2D eigenvalue weighted by Gasteiger charge is -2.20. The van der Waals surface area contributed by atoms with Crippen molar-refractivity contribution >= 4 is 11.6 Å². The Hall–Kier alpha value is -1.12. The molecule has 4 nitrogen and oxygen atoms in total. The molecule has 0 aliphatic heterocycles. The molecule has 0 aliphatic carbocycles. The van der Waals surface area contributed by atoms with Crippen LogP contribution in [-0.4, -0.2) is 43.4 Å². The molecule has 0 heterocycles. The number of aliphatic hydroxyl groups is 1. The number of benzene rings is 1. The maximum absolute atomic E-state index is 9.61. The van der Waals surface area contributed by atoms with Crippen LogP contribution in [0.4, 0.5) is 0 Å². The van der Waals surface area contributed by atoms with E-state index in [1.807, 2.05) is 24.1 Å². The van der Waals surface area contributed by atoms with E-state index in [-0.39, 0.29) is 0 Å². The van der Waals surface area contributed by atoms with Crippen molar-refractivity contribution in [3.63, 3.8) is 0 Å². The van der Waals surface area contributed by atoms with E-state index in [2.05, 4.69) is 0 Å². The van der Waals surface area contributed by atoms with Crippen molar-refractivity contribution in [1.82, 2.24) is 4.90 Å². The van der Waals surface area contributed by atoms with Gasteiger partial charge in [-0.1, -0.05) is 17.7 Å². The molecule has 1 atom stereocenters. The maximum atomic E-state index is 9.61. The average Bonchev–Trinajstić information content (AvgIpc) is 2.31. The van der Waals surface area contributed by atoms with Crippen LogP contribution in [0.2, 0.25) is 5.02 Å². The molecule has 1 aromatic rings. The van der Waals surface area contributed by atoms with Crippen LogP contribution in [0.1, 0.15) is 11.1 Å². The van der Waals surface area contributed by atoms with Crippen molar-refractivity contribution in [3.05, 3.63) is 34.3 Å². The highest BCUT2D eigenvalue weighted by molar-refractivity contribution is 6.31. The van der Waals surface area contributed by atoms with Crippen molar-refractivity contribution < 1.29 is 9.84 Å². The van der Waals surface area contributed by atoms with Gasteiger partial charge in [0.25, 0.3) is 0 Å². The Kier molecular flexibility index (Phi) is 6.10. The molecular weight excluding hydrogens is 252 g/mol. The van der Waals surface area contributed by atoms with Crippen LogP contribution < -0.4 is 0 Å². The second-order valence-electron chi connectivity index (χ2n) is 4.22. The molecule has 0 saturated heterocycles.